The molecule has 0 saturated carbocycles. The molecule has 0 aliphatic carbocycles. The standard InChI is InChI=1S/C12H14O4/c1-4-5-9(13)8-6-7-10(15-2)12(16-3)11(8)14/h4-7,14H,1-3H3. The first-order valence-corrected chi connectivity index (χ1v) is 4.76. The van der Waals surface area contributed by atoms with Gasteiger partial charge in [-0.3, -0.25) is 4.79 Å². The molecule has 4 nitrogen and oxygen atoms in total. The summed E-state index contributed by atoms with van der Waals surface area (Å²) in [6.45, 7) is 1.73. The van der Waals surface area contributed by atoms with E-state index in [-0.39, 0.29) is 22.8 Å². The zero-order valence-electron chi connectivity index (χ0n) is 9.48. The van der Waals surface area contributed by atoms with E-state index in [1.54, 1.807) is 19.1 Å². The summed E-state index contributed by atoms with van der Waals surface area (Å²) in [5.74, 6) is 0.0702. The molecule has 0 radical (unpaired) electrons. The Morgan fingerprint density at radius 2 is 2.00 bits per heavy atom. The number of carbonyl (C=O) groups is 1. The topological polar surface area (TPSA) is 55.8 Å². The molecular weight excluding hydrogens is 208 g/mol. The lowest BCUT2D eigenvalue weighted by Gasteiger charge is -2.11. The summed E-state index contributed by atoms with van der Waals surface area (Å²) >= 11 is 0. The number of ether oxygens (including phenoxy) is 2. The van der Waals surface area contributed by atoms with Crippen molar-refractivity contribution in [1.29, 1.82) is 0 Å². The van der Waals surface area contributed by atoms with Crippen molar-refractivity contribution in [2.24, 2.45) is 0 Å². The van der Waals surface area contributed by atoms with Gasteiger partial charge in [0.05, 0.1) is 19.8 Å². The quantitative estimate of drug-likeness (QED) is 0.626. The van der Waals surface area contributed by atoms with Crippen molar-refractivity contribution in [2.75, 3.05) is 14.2 Å². The van der Waals surface area contributed by atoms with Crippen LogP contribution in [0.2, 0.25) is 0 Å². The van der Waals surface area contributed by atoms with Gasteiger partial charge in [0.25, 0.3) is 0 Å². The lowest BCUT2D eigenvalue weighted by atomic mass is 10.1. The number of hydrogen-bond acceptors (Lipinski definition) is 4. The maximum absolute atomic E-state index is 11.6. The van der Waals surface area contributed by atoms with E-state index in [1.807, 2.05) is 0 Å². The Bertz CT molecular complexity index is 421. The number of hydrogen-bond donors (Lipinski definition) is 1. The lowest BCUT2D eigenvalue weighted by Crippen LogP contribution is -1.98. The van der Waals surface area contributed by atoms with Crippen molar-refractivity contribution in [3.8, 4) is 17.2 Å². The van der Waals surface area contributed by atoms with Crippen LogP contribution < -0.4 is 9.47 Å². The summed E-state index contributed by atoms with van der Waals surface area (Å²) in [7, 11) is 2.87. The van der Waals surface area contributed by atoms with Gasteiger partial charge >= 0.3 is 0 Å². The third-order valence-electron chi connectivity index (χ3n) is 2.10. The predicted molar refractivity (Wildman–Crippen MR) is 60.4 cm³/mol. The Balaban J connectivity index is 3.29. The lowest BCUT2D eigenvalue weighted by molar-refractivity contribution is 0.104. The van der Waals surface area contributed by atoms with Crippen LogP contribution in [0.15, 0.2) is 24.3 Å². The molecule has 0 aliphatic rings. The number of methoxy groups -OCH3 is 2. The second kappa shape index (κ2) is 5.21. The molecule has 0 heterocycles. The van der Waals surface area contributed by atoms with E-state index in [2.05, 4.69) is 0 Å². The summed E-state index contributed by atoms with van der Waals surface area (Å²) in [5.41, 5.74) is 0.191. The second-order valence-electron chi connectivity index (χ2n) is 3.06. The highest BCUT2D eigenvalue weighted by Gasteiger charge is 2.17. The van der Waals surface area contributed by atoms with Crippen molar-refractivity contribution in [3.05, 3.63) is 29.8 Å². The number of rotatable bonds is 4. The Kier molecular flexibility index (Phi) is 3.94. The van der Waals surface area contributed by atoms with Crippen LogP contribution in [-0.4, -0.2) is 25.1 Å². The largest absolute Gasteiger partial charge is 0.504 e. The molecule has 1 aromatic rings. The Morgan fingerprint density at radius 1 is 1.31 bits per heavy atom. The molecule has 16 heavy (non-hydrogen) atoms. The molecule has 0 atom stereocenters. The molecule has 86 valence electrons. The normalized spacial score (nSPS) is 10.4. The van der Waals surface area contributed by atoms with Crippen LogP contribution in [0.3, 0.4) is 0 Å². The van der Waals surface area contributed by atoms with Gasteiger partial charge < -0.3 is 14.6 Å². The Labute approximate surface area is 94.1 Å². The fourth-order valence-electron chi connectivity index (χ4n) is 1.35. The van der Waals surface area contributed by atoms with Crippen molar-refractivity contribution < 1.29 is 19.4 Å². The number of carbonyl (C=O) groups excluding carboxylic acids is 1. The zero-order chi connectivity index (χ0) is 12.1. The van der Waals surface area contributed by atoms with Crippen molar-refractivity contribution in [1.82, 2.24) is 0 Å². The minimum Gasteiger partial charge on any atom is -0.504 e. The summed E-state index contributed by atoms with van der Waals surface area (Å²) in [6.07, 6.45) is 2.99. The molecular formula is C12H14O4. The Hall–Kier alpha value is -1.97. The van der Waals surface area contributed by atoms with E-state index in [4.69, 9.17) is 9.47 Å². The molecule has 0 aromatic heterocycles. The molecule has 4 heteroatoms. The van der Waals surface area contributed by atoms with Gasteiger partial charge in [0, 0.05) is 0 Å². The fourth-order valence-corrected chi connectivity index (χ4v) is 1.35. The first-order chi connectivity index (χ1) is 7.65. The molecule has 0 spiro atoms. The van der Waals surface area contributed by atoms with E-state index >= 15 is 0 Å². The van der Waals surface area contributed by atoms with Crippen molar-refractivity contribution in [2.45, 2.75) is 6.92 Å². The average Bonchev–Trinajstić information content (AvgIpc) is 2.28. The van der Waals surface area contributed by atoms with Crippen LogP contribution in [-0.2, 0) is 0 Å². The van der Waals surface area contributed by atoms with Crippen LogP contribution in [0.25, 0.3) is 0 Å². The van der Waals surface area contributed by atoms with Gasteiger partial charge in [-0.1, -0.05) is 6.08 Å². The molecule has 1 N–H and O–H groups in total. The molecule has 0 unspecified atom stereocenters. The third kappa shape index (κ3) is 2.16. The monoisotopic (exact) mass is 222 g/mol. The van der Waals surface area contributed by atoms with Gasteiger partial charge in [-0.25, -0.2) is 0 Å². The van der Waals surface area contributed by atoms with E-state index in [1.165, 1.54) is 26.4 Å². The highest BCUT2D eigenvalue weighted by Crippen LogP contribution is 2.38. The summed E-state index contributed by atoms with van der Waals surface area (Å²) in [4.78, 5) is 11.6. The van der Waals surface area contributed by atoms with Crippen molar-refractivity contribution >= 4 is 5.78 Å². The van der Waals surface area contributed by atoms with Crippen LogP contribution in [0.5, 0.6) is 17.2 Å². The Morgan fingerprint density at radius 3 is 2.50 bits per heavy atom. The molecule has 0 aliphatic heterocycles. The highest BCUT2D eigenvalue weighted by atomic mass is 16.5. The van der Waals surface area contributed by atoms with E-state index in [0.717, 1.165) is 0 Å². The van der Waals surface area contributed by atoms with Gasteiger partial charge in [0.1, 0.15) is 0 Å². The maximum Gasteiger partial charge on any atom is 0.203 e. The number of allylic oxidation sites excluding steroid dienone is 2. The maximum atomic E-state index is 11.6. The van der Waals surface area contributed by atoms with Gasteiger partial charge in [0.2, 0.25) is 5.75 Å². The fraction of sp³-hybridized carbons (Fsp3) is 0.250. The van der Waals surface area contributed by atoms with Gasteiger partial charge in [0.15, 0.2) is 17.3 Å². The number of aromatic hydroxyl groups is 1. The molecule has 0 bridgehead atoms. The van der Waals surface area contributed by atoms with E-state index < -0.39 is 0 Å². The minimum atomic E-state index is -0.277. The summed E-state index contributed by atoms with van der Waals surface area (Å²) < 4.78 is 9.98. The number of phenols is 1. The summed E-state index contributed by atoms with van der Waals surface area (Å²) in [5, 5.41) is 9.84. The van der Waals surface area contributed by atoms with Crippen LogP contribution in [0, 0.1) is 0 Å². The van der Waals surface area contributed by atoms with Crippen molar-refractivity contribution in [3.63, 3.8) is 0 Å². The summed E-state index contributed by atoms with van der Waals surface area (Å²) in [6, 6.07) is 3.08. The van der Waals surface area contributed by atoms with E-state index in [9.17, 15) is 9.90 Å². The molecule has 0 saturated heterocycles. The molecule has 1 rings (SSSR count). The number of benzene rings is 1. The highest BCUT2D eigenvalue weighted by molar-refractivity contribution is 6.07. The van der Waals surface area contributed by atoms with Gasteiger partial charge in [-0.2, -0.15) is 0 Å². The van der Waals surface area contributed by atoms with Gasteiger partial charge in [-0.15, -0.1) is 0 Å². The number of phenolic OH excluding ortho intramolecular Hbond substituents is 1. The molecule has 1 aromatic carbocycles. The average molecular weight is 222 g/mol. The van der Waals surface area contributed by atoms with E-state index in [0.29, 0.717) is 5.75 Å². The molecule has 0 amide bonds. The first kappa shape index (κ1) is 12.1. The van der Waals surface area contributed by atoms with Crippen LogP contribution in [0.1, 0.15) is 17.3 Å². The predicted octanol–water partition coefficient (Wildman–Crippen LogP) is 2.17. The first-order valence-electron chi connectivity index (χ1n) is 4.76. The number of ketones is 1. The smallest absolute Gasteiger partial charge is 0.203 e. The second-order valence-corrected chi connectivity index (χ2v) is 3.06. The minimum absolute atomic E-state index is 0.165. The zero-order valence-corrected chi connectivity index (χ0v) is 9.48. The SMILES string of the molecule is CC=CC(=O)c1ccc(OC)c(OC)c1O. The molecule has 0 fully saturated rings. The van der Waals surface area contributed by atoms with Crippen LogP contribution >= 0.6 is 0 Å². The van der Waals surface area contributed by atoms with Gasteiger partial charge in [-0.05, 0) is 25.1 Å². The third-order valence-corrected chi connectivity index (χ3v) is 2.10. The van der Waals surface area contributed by atoms with Crippen LogP contribution in [0.4, 0.5) is 0 Å².